The minimum atomic E-state index is -0.505. The summed E-state index contributed by atoms with van der Waals surface area (Å²) < 4.78 is 0. The maximum atomic E-state index is 10.7. The highest BCUT2D eigenvalue weighted by atomic mass is 16.6. The third kappa shape index (κ3) is 2.82. The zero-order valence-corrected chi connectivity index (χ0v) is 12.0. The first-order valence-corrected chi connectivity index (χ1v) is 6.96. The second-order valence-electron chi connectivity index (χ2n) is 4.94. The van der Waals surface area contributed by atoms with Gasteiger partial charge in [0.25, 0.3) is 0 Å². The SMILES string of the molecule is CCN(CC)C1CCN(c2ccc([N+](=O)[O-])c(N)n2)C1. The van der Waals surface area contributed by atoms with E-state index in [9.17, 15) is 10.1 Å². The van der Waals surface area contributed by atoms with Crippen LogP contribution in [0, 0.1) is 10.1 Å². The van der Waals surface area contributed by atoms with Crippen LogP contribution in [0.15, 0.2) is 12.1 Å². The van der Waals surface area contributed by atoms with Gasteiger partial charge in [0.2, 0.25) is 5.82 Å². The summed E-state index contributed by atoms with van der Waals surface area (Å²) in [7, 11) is 0. The van der Waals surface area contributed by atoms with Crippen LogP contribution < -0.4 is 10.6 Å². The maximum absolute atomic E-state index is 10.7. The molecule has 20 heavy (non-hydrogen) atoms. The number of nitro groups is 1. The van der Waals surface area contributed by atoms with Gasteiger partial charge in [0.15, 0.2) is 0 Å². The van der Waals surface area contributed by atoms with E-state index in [2.05, 4.69) is 28.6 Å². The van der Waals surface area contributed by atoms with Gasteiger partial charge in [0.1, 0.15) is 5.82 Å². The first kappa shape index (κ1) is 14.5. The van der Waals surface area contributed by atoms with E-state index in [0.717, 1.165) is 38.4 Å². The summed E-state index contributed by atoms with van der Waals surface area (Å²) in [6, 6.07) is 3.63. The molecule has 1 aliphatic heterocycles. The van der Waals surface area contributed by atoms with Crippen molar-refractivity contribution in [2.45, 2.75) is 26.3 Å². The minimum Gasteiger partial charge on any atom is -0.378 e. The van der Waals surface area contributed by atoms with E-state index >= 15 is 0 Å². The van der Waals surface area contributed by atoms with Gasteiger partial charge in [-0.15, -0.1) is 0 Å². The van der Waals surface area contributed by atoms with E-state index in [4.69, 9.17) is 5.73 Å². The van der Waals surface area contributed by atoms with Gasteiger partial charge in [-0.3, -0.25) is 15.0 Å². The Morgan fingerprint density at radius 3 is 2.75 bits per heavy atom. The van der Waals surface area contributed by atoms with Crippen LogP contribution in [0.1, 0.15) is 20.3 Å². The van der Waals surface area contributed by atoms with Crippen molar-refractivity contribution in [3.8, 4) is 0 Å². The van der Waals surface area contributed by atoms with E-state index in [-0.39, 0.29) is 11.5 Å². The van der Waals surface area contributed by atoms with Gasteiger partial charge in [-0.25, -0.2) is 4.98 Å². The molecule has 1 aliphatic rings. The summed E-state index contributed by atoms with van der Waals surface area (Å²) >= 11 is 0. The number of rotatable bonds is 5. The van der Waals surface area contributed by atoms with Crippen molar-refractivity contribution in [1.29, 1.82) is 0 Å². The molecule has 110 valence electrons. The lowest BCUT2D eigenvalue weighted by molar-refractivity contribution is -0.384. The molecule has 0 saturated carbocycles. The number of hydrogen-bond acceptors (Lipinski definition) is 6. The Hall–Kier alpha value is -1.89. The van der Waals surface area contributed by atoms with Crippen molar-refractivity contribution >= 4 is 17.3 Å². The van der Waals surface area contributed by atoms with Crippen molar-refractivity contribution in [3.63, 3.8) is 0 Å². The minimum absolute atomic E-state index is 0.0150. The number of hydrogen-bond donors (Lipinski definition) is 1. The van der Waals surface area contributed by atoms with Crippen LogP contribution in [0.5, 0.6) is 0 Å². The van der Waals surface area contributed by atoms with E-state index < -0.39 is 4.92 Å². The summed E-state index contributed by atoms with van der Waals surface area (Å²) in [5, 5.41) is 10.7. The van der Waals surface area contributed by atoms with Crippen LogP contribution in [-0.2, 0) is 0 Å². The summed E-state index contributed by atoms with van der Waals surface area (Å²) in [6.07, 6.45) is 1.08. The predicted molar refractivity (Wildman–Crippen MR) is 78.8 cm³/mol. The second-order valence-corrected chi connectivity index (χ2v) is 4.94. The van der Waals surface area contributed by atoms with Crippen molar-refractivity contribution in [2.24, 2.45) is 0 Å². The summed E-state index contributed by atoms with van der Waals surface area (Å²) in [5.74, 6) is 0.710. The summed E-state index contributed by atoms with van der Waals surface area (Å²) in [4.78, 5) is 19.0. The summed E-state index contributed by atoms with van der Waals surface area (Å²) in [6.45, 7) is 8.19. The standard InChI is InChI=1S/C13H21N5O2/c1-3-16(4-2)10-7-8-17(9-10)12-6-5-11(18(19)20)13(14)15-12/h5-6,10H,3-4,7-9H2,1-2H3,(H2,14,15). The Morgan fingerprint density at radius 2 is 2.20 bits per heavy atom. The van der Waals surface area contributed by atoms with Crippen molar-refractivity contribution in [2.75, 3.05) is 36.8 Å². The average Bonchev–Trinajstić information content (AvgIpc) is 2.89. The zero-order valence-electron chi connectivity index (χ0n) is 12.0. The highest BCUT2D eigenvalue weighted by molar-refractivity contribution is 5.58. The maximum Gasteiger partial charge on any atom is 0.311 e. The molecule has 0 aromatic carbocycles. The van der Waals surface area contributed by atoms with Crippen molar-refractivity contribution in [1.82, 2.24) is 9.88 Å². The lowest BCUT2D eigenvalue weighted by Crippen LogP contribution is -2.37. The van der Waals surface area contributed by atoms with Crippen LogP contribution in [0.25, 0.3) is 0 Å². The van der Waals surface area contributed by atoms with E-state index in [0.29, 0.717) is 6.04 Å². The van der Waals surface area contributed by atoms with Crippen molar-refractivity contribution < 1.29 is 4.92 Å². The molecule has 1 fully saturated rings. The molecule has 0 spiro atoms. The quantitative estimate of drug-likeness (QED) is 0.649. The lowest BCUT2D eigenvalue weighted by atomic mass is 10.2. The van der Waals surface area contributed by atoms with Crippen molar-refractivity contribution in [3.05, 3.63) is 22.2 Å². The number of aromatic nitrogens is 1. The largest absolute Gasteiger partial charge is 0.378 e. The Balaban J connectivity index is 2.10. The van der Waals surface area contributed by atoms with Crippen LogP contribution in [-0.4, -0.2) is 47.0 Å². The van der Waals surface area contributed by atoms with Gasteiger partial charge < -0.3 is 10.6 Å². The molecule has 0 radical (unpaired) electrons. The van der Waals surface area contributed by atoms with Crippen LogP contribution in [0.4, 0.5) is 17.3 Å². The molecule has 1 aromatic heterocycles. The van der Waals surface area contributed by atoms with Gasteiger partial charge in [-0.05, 0) is 25.6 Å². The lowest BCUT2D eigenvalue weighted by Gasteiger charge is -2.26. The second kappa shape index (κ2) is 6.04. The fourth-order valence-corrected chi connectivity index (χ4v) is 2.78. The number of nitrogen functional groups attached to an aromatic ring is 1. The molecule has 1 saturated heterocycles. The fraction of sp³-hybridized carbons (Fsp3) is 0.615. The molecule has 2 N–H and O–H groups in total. The molecule has 1 aromatic rings. The first-order valence-electron chi connectivity index (χ1n) is 6.96. The predicted octanol–water partition coefficient (Wildman–Crippen LogP) is 1.49. The number of likely N-dealkylation sites (N-methyl/N-ethyl adjacent to an activating group) is 1. The van der Waals surface area contributed by atoms with E-state index in [1.807, 2.05) is 0 Å². The Kier molecular flexibility index (Phi) is 4.39. The molecule has 2 rings (SSSR count). The Labute approximate surface area is 118 Å². The smallest absolute Gasteiger partial charge is 0.311 e. The molecule has 0 amide bonds. The molecule has 0 aliphatic carbocycles. The molecule has 1 unspecified atom stereocenters. The van der Waals surface area contributed by atoms with Gasteiger partial charge >= 0.3 is 5.69 Å². The zero-order chi connectivity index (χ0) is 14.7. The molecular weight excluding hydrogens is 258 g/mol. The molecule has 0 bridgehead atoms. The number of pyridine rings is 1. The van der Waals surface area contributed by atoms with E-state index in [1.54, 1.807) is 6.07 Å². The van der Waals surface area contributed by atoms with Crippen LogP contribution >= 0.6 is 0 Å². The fourth-order valence-electron chi connectivity index (χ4n) is 2.78. The van der Waals surface area contributed by atoms with Gasteiger partial charge in [-0.1, -0.05) is 13.8 Å². The average molecular weight is 279 g/mol. The van der Waals surface area contributed by atoms with Crippen LogP contribution in [0.2, 0.25) is 0 Å². The molecule has 7 nitrogen and oxygen atoms in total. The van der Waals surface area contributed by atoms with Gasteiger partial charge in [-0.2, -0.15) is 0 Å². The molecule has 1 atom stereocenters. The highest BCUT2D eigenvalue weighted by Gasteiger charge is 2.27. The third-order valence-corrected chi connectivity index (χ3v) is 3.90. The third-order valence-electron chi connectivity index (χ3n) is 3.90. The summed E-state index contributed by atoms with van der Waals surface area (Å²) in [5.41, 5.74) is 5.52. The van der Waals surface area contributed by atoms with E-state index in [1.165, 1.54) is 6.07 Å². The van der Waals surface area contributed by atoms with Gasteiger partial charge in [0.05, 0.1) is 4.92 Å². The first-order chi connectivity index (χ1) is 9.56. The Morgan fingerprint density at radius 1 is 1.50 bits per heavy atom. The monoisotopic (exact) mass is 279 g/mol. The normalized spacial score (nSPS) is 18.8. The van der Waals surface area contributed by atoms with Crippen LogP contribution in [0.3, 0.4) is 0 Å². The molecule has 2 heterocycles. The number of nitrogens with two attached hydrogens (primary N) is 1. The molecule has 7 heteroatoms. The van der Waals surface area contributed by atoms with Gasteiger partial charge in [0, 0.05) is 25.2 Å². The number of nitrogens with zero attached hydrogens (tertiary/aromatic N) is 4. The topological polar surface area (TPSA) is 88.5 Å². The number of anilines is 2. The Bertz CT molecular complexity index is 490. The highest BCUT2D eigenvalue weighted by Crippen LogP contribution is 2.26. The molecular formula is C13H21N5O2.